The molecule has 0 aromatic carbocycles. The van der Waals surface area contributed by atoms with Crippen molar-refractivity contribution >= 4 is 17.3 Å². The van der Waals surface area contributed by atoms with Gasteiger partial charge >= 0.3 is 0 Å². The lowest BCUT2D eigenvalue weighted by atomic mass is 9.97. The zero-order valence-electron chi connectivity index (χ0n) is 18.2. The van der Waals surface area contributed by atoms with Gasteiger partial charge in [-0.15, -0.1) is 11.3 Å². The number of aryl methyl sites for hydroxylation is 1. The third-order valence-corrected chi connectivity index (χ3v) is 7.13. The largest absolute Gasteiger partial charge is 0.356 e. The molecule has 0 spiro atoms. The van der Waals surface area contributed by atoms with E-state index in [9.17, 15) is 0 Å². The summed E-state index contributed by atoms with van der Waals surface area (Å²) in [6.07, 6.45) is 3.77. The highest BCUT2D eigenvalue weighted by molar-refractivity contribution is 7.09. The van der Waals surface area contributed by atoms with Gasteiger partial charge in [-0.2, -0.15) is 0 Å². The maximum Gasteiger partial charge on any atom is 0.193 e. The minimum Gasteiger partial charge on any atom is -0.356 e. The van der Waals surface area contributed by atoms with E-state index >= 15 is 0 Å². The molecule has 0 aliphatic carbocycles. The lowest BCUT2D eigenvalue weighted by Gasteiger charge is -2.32. The van der Waals surface area contributed by atoms with Gasteiger partial charge in [0.25, 0.3) is 0 Å². The first-order valence-electron chi connectivity index (χ1n) is 11.0. The predicted octanol–water partition coefficient (Wildman–Crippen LogP) is 2.66. The second kappa shape index (κ2) is 10.6. The van der Waals surface area contributed by atoms with Crippen molar-refractivity contribution < 1.29 is 0 Å². The van der Waals surface area contributed by atoms with Crippen LogP contribution in [-0.2, 0) is 6.54 Å². The number of aliphatic imine (C=N–C) groups is 1. The standard InChI is InChI=1S/C21H38N6S/c1-5-26(6-2)20-9-12-27(15-20)21(22-4)23-13-18-7-10-25(11-8-18)14-19-16-28-17(3)24-19/h16,18,20H,5-15H2,1-4H3,(H,22,23). The minimum atomic E-state index is 0.672. The van der Waals surface area contributed by atoms with Crippen LogP contribution in [-0.4, -0.2) is 84.5 Å². The molecule has 1 aromatic rings. The summed E-state index contributed by atoms with van der Waals surface area (Å²) in [5.74, 6) is 1.83. The lowest BCUT2D eigenvalue weighted by molar-refractivity contribution is 0.176. The third-order valence-electron chi connectivity index (χ3n) is 6.31. The van der Waals surface area contributed by atoms with Crippen molar-refractivity contribution in [1.82, 2.24) is 25.0 Å². The minimum absolute atomic E-state index is 0.672. The second-order valence-corrected chi connectivity index (χ2v) is 9.18. The number of likely N-dealkylation sites (N-methyl/N-ethyl adjacent to an activating group) is 1. The third kappa shape index (κ3) is 5.67. The fraction of sp³-hybridized carbons (Fsp3) is 0.810. The van der Waals surface area contributed by atoms with Gasteiger partial charge in [-0.1, -0.05) is 13.8 Å². The Hall–Kier alpha value is -1.18. The molecule has 1 atom stereocenters. The van der Waals surface area contributed by atoms with Gasteiger partial charge in [0, 0.05) is 44.6 Å². The molecule has 1 aromatic heterocycles. The Kier molecular flexibility index (Phi) is 8.11. The second-order valence-electron chi connectivity index (χ2n) is 8.12. The Balaban J connectivity index is 1.39. The van der Waals surface area contributed by atoms with Crippen LogP contribution in [0, 0.1) is 12.8 Å². The van der Waals surface area contributed by atoms with E-state index in [-0.39, 0.29) is 0 Å². The number of likely N-dealkylation sites (tertiary alicyclic amines) is 2. The molecular formula is C21H38N6S. The molecule has 1 N–H and O–H groups in total. The van der Waals surface area contributed by atoms with Crippen molar-refractivity contribution in [1.29, 1.82) is 0 Å². The van der Waals surface area contributed by atoms with Gasteiger partial charge in [0.2, 0.25) is 0 Å². The highest BCUT2D eigenvalue weighted by Gasteiger charge is 2.28. The van der Waals surface area contributed by atoms with Gasteiger partial charge in [0.05, 0.1) is 10.7 Å². The molecule has 3 rings (SSSR count). The average molecular weight is 407 g/mol. The monoisotopic (exact) mass is 406 g/mol. The Morgan fingerprint density at radius 3 is 2.61 bits per heavy atom. The van der Waals surface area contributed by atoms with E-state index < -0.39 is 0 Å². The van der Waals surface area contributed by atoms with Crippen LogP contribution in [0.25, 0.3) is 0 Å². The molecule has 0 amide bonds. The SMILES string of the molecule is CCN(CC)C1CCN(C(=NC)NCC2CCN(Cc3csc(C)n3)CC2)C1. The summed E-state index contributed by atoms with van der Waals surface area (Å²) in [5, 5.41) is 7.05. The molecule has 2 fully saturated rings. The molecule has 1 unspecified atom stereocenters. The Bertz CT molecular complexity index is 618. The highest BCUT2D eigenvalue weighted by Crippen LogP contribution is 2.20. The first-order valence-corrected chi connectivity index (χ1v) is 11.8. The topological polar surface area (TPSA) is 47.0 Å². The van der Waals surface area contributed by atoms with Gasteiger partial charge < -0.3 is 10.2 Å². The van der Waals surface area contributed by atoms with Crippen molar-refractivity contribution in [2.24, 2.45) is 10.9 Å². The summed E-state index contributed by atoms with van der Waals surface area (Å²) in [7, 11) is 1.92. The van der Waals surface area contributed by atoms with Crippen molar-refractivity contribution in [3.05, 3.63) is 16.1 Å². The molecule has 6 nitrogen and oxygen atoms in total. The molecule has 2 aliphatic rings. The van der Waals surface area contributed by atoms with E-state index in [1.54, 1.807) is 11.3 Å². The van der Waals surface area contributed by atoms with Gasteiger partial charge in [-0.3, -0.25) is 14.8 Å². The van der Waals surface area contributed by atoms with Gasteiger partial charge in [0.1, 0.15) is 0 Å². The Morgan fingerprint density at radius 1 is 1.25 bits per heavy atom. The molecule has 2 aliphatic heterocycles. The van der Waals surface area contributed by atoms with Crippen LogP contribution >= 0.6 is 11.3 Å². The van der Waals surface area contributed by atoms with E-state index in [2.05, 4.69) is 56.1 Å². The van der Waals surface area contributed by atoms with Crippen LogP contribution in [0.4, 0.5) is 0 Å². The summed E-state index contributed by atoms with van der Waals surface area (Å²) in [4.78, 5) is 16.8. The summed E-state index contributed by atoms with van der Waals surface area (Å²) < 4.78 is 0. The van der Waals surface area contributed by atoms with E-state index in [1.165, 1.54) is 43.1 Å². The number of thiazole rings is 1. The zero-order chi connectivity index (χ0) is 19.9. The van der Waals surface area contributed by atoms with Crippen molar-refractivity contribution in [3.63, 3.8) is 0 Å². The first-order chi connectivity index (χ1) is 13.6. The number of nitrogens with zero attached hydrogens (tertiary/aromatic N) is 5. The molecule has 7 heteroatoms. The summed E-state index contributed by atoms with van der Waals surface area (Å²) in [5.41, 5.74) is 1.23. The molecule has 158 valence electrons. The summed E-state index contributed by atoms with van der Waals surface area (Å²) in [6.45, 7) is 15.5. The molecule has 0 radical (unpaired) electrons. The number of nitrogens with one attached hydrogen (secondary N) is 1. The number of hydrogen-bond acceptors (Lipinski definition) is 5. The highest BCUT2D eigenvalue weighted by atomic mass is 32.1. The van der Waals surface area contributed by atoms with E-state index in [4.69, 9.17) is 0 Å². The summed E-state index contributed by atoms with van der Waals surface area (Å²) >= 11 is 1.76. The number of aromatic nitrogens is 1. The van der Waals surface area contributed by atoms with Crippen LogP contribution < -0.4 is 5.32 Å². The molecule has 3 heterocycles. The van der Waals surface area contributed by atoms with Crippen LogP contribution in [0.1, 0.15) is 43.8 Å². The number of piperidine rings is 1. The molecule has 28 heavy (non-hydrogen) atoms. The molecule has 2 saturated heterocycles. The van der Waals surface area contributed by atoms with Crippen LogP contribution in [0.3, 0.4) is 0 Å². The van der Waals surface area contributed by atoms with Crippen molar-refractivity contribution in [3.8, 4) is 0 Å². The predicted molar refractivity (Wildman–Crippen MR) is 119 cm³/mol. The number of rotatable bonds is 7. The number of guanidine groups is 1. The lowest BCUT2D eigenvalue weighted by Crippen LogP contribution is -2.45. The van der Waals surface area contributed by atoms with Gasteiger partial charge in [-0.25, -0.2) is 4.98 Å². The number of hydrogen-bond donors (Lipinski definition) is 1. The normalized spacial score (nSPS) is 22.4. The zero-order valence-corrected chi connectivity index (χ0v) is 19.0. The van der Waals surface area contributed by atoms with Crippen LogP contribution in [0.2, 0.25) is 0 Å². The smallest absolute Gasteiger partial charge is 0.193 e. The van der Waals surface area contributed by atoms with Crippen LogP contribution in [0.15, 0.2) is 10.4 Å². The van der Waals surface area contributed by atoms with E-state index in [0.29, 0.717) is 6.04 Å². The van der Waals surface area contributed by atoms with Crippen molar-refractivity contribution in [2.45, 2.75) is 52.6 Å². The van der Waals surface area contributed by atoms with Crippen LogP contribution in [0.5, 0.6) is 0 Å². The first kappa shape index (κ1) is 21.5. The fourth-order valence-electron chi connectivity index (χ4n) is 4.60. The maximum atomic E-state index is 4.61. The van der Waals surface area contributed by atoms with Gasteiger partial charge in [-0.05, 0) is 58.3 Å². The molecule has 0 saturated carbocycles. The van der Waals surface area contributed by atoms with E-state index in [0.717, 1.165) is 51.1 Å². The Labute approximate surface area is 175 Å². The van der Waals surface area contributed by atoms with E-state index in [1.807, 2.05) is 7.05 Å². The molecule has 0 bridgehead atoms. The maximum absolute atomic E-state index is 4.61. The fourth-order valence-corrected chi connectivity index (χ4v) is 5.20. The average Bonchev–Trinajstić information content (AvgIpc) is 3.34. The van der Waals surface area contributed by atoms with Crippen molar-refractivity contribution in [2.75, 3.05) is 52.9 Å². The summed E-state index contributed by atoms with van der Waals surface area (Å²) in [6, 6.07) is 0.672. The van der Waals surface area contributed by atoms with Gasteiger partial charge in [0.15, 0.2) is 5.96 Å². The quantitative estimate of drug-likeness (QED) is 0.557. The molecular weight excluding hydrogens is 368 g/mol. The Morgan fingerprint density at radius 2 is 2.00 bits per heavy atom.